The summed E-state index contributed by atoms with van der Waals surface area (Å²) >= 11 is 3.31. The molecule has 0 spiro atoms. The molecule has 0 fully saturated rings. The van der Waals surface area contributed by atoms with Gasteiger partial charge >= 0.3 is 0 Å². The molecule has 0 aliphatic rings. The van der Waals surface area contributed by atoms with E-state index in [0.29, 0.717) is 28.7 Å². The van der Waals surface area contributed by atoms with Crippen molar-refractivity contribution in [1.29, 1.82) is 0 Å². The average molecular weight is 631 g/mol. The number of sulfonamides is 1. The SMILES string of the molecule is CCCc1cc2c(C)cc(CC)nc2n1Cc1ccc(-c2ccccc2N(C=O)S(=O)(=O)c2ccccc2Br)cc1. The molecule has 2 heterocycles. The number of pyridine rings is 1. The summed E-state index contributed by atoms with van der Waals surface area (Å²) < 4.78 is 30.5. The molecule has 3 aromatic carbocycles. The topological polar surface area (TPSA) is 72.3 Å². The molecule has 0 saturated carbocycles. The number of benzene rings is 3. The number of aryl methyl sites for hydroxylation is 3. The Morgan fingerprint density at radius 1 is 0.951 bits per heavy atom. The molecule has 0 bridgehead atoms. The molecule has 0 atom stereocenters. The third-order valence-electron chi connectivity index (χ3n) is 7.30. The Hall–Kier alpha value is -3.75. The molecule has 6 nitrogen and oxygen atoms in total. The number of rotatable bonds is 10. The van der Waals surface area contributed by atoms with Crippen molar-refractivity contribution in [2.45, 2.75) is 51.5 Å². The van der Waals surface area contributed by atoms with Crippen molar-refractivity contribution >= 4 is 49.1 Å². The molecule has 0 aliphatic carbocycles. The van der Waals surface area contributed by atoms with E-state index in [1.165, 1.54) is 22.7 Å². The second-order valence-electron chi connectivity index (χ2n) is 10.0. The lowest BCUT2D eigenvalue weighted by molar-refractivity contribution is -0.106. The molecule has 5 rings (SSSR count). The number of hydrogen-bond donors (Lipinski definition) is 0. The van der Waals surface area contributed by atoms with Crippen LogP contribution in [0.15, 0.2) is 94.3 Å². The average Bonchev–Trinajstić information content (AvgIpc) is 3.31. The van der Waals surface area contributed by atoms with Gasteiger partial charge in [0.15, 0.2) is 0 Å². The Bertz CT molecular complexity index is 1830. The Labute approximate surface area is 249 Å². The normalized spacial score (nSPS) is 11.6. The molecular formula is C33H32BrN3O3S. The molecule has 0 aliphatic heterocycles. The van der Waals surface area contributed by atoms with Crippen LogP contribution >= 0.6 is 15.9 Å². The summed E-state index contributed by atoms with van der Waals surface area (Å²) in [5.74, 6) is 0. The second kappa shape index (κ2) is 12.0. The number of hydrogen-bond acceptors (Lipinski definition) is 4. The van der Waals surface area contributed by atoms with Gasteiger partial charge in [0.2, 0.25) is 6.41 Å². The predicted octanol–water partition coefficient (Wildman–Crippen LogP) is 7.69. The zero-order valence-electron chi connectivity index (χ0n) is 23.3. The molecule has 0 radical (unpaired) electrons. The predicted molar refractivity (Wildman–Crippen MR) is 169 cm³/mol. The van der Waals surface area contributed by atoms with Gasteiger partial charge in [-0.2, -0.15) is 0 Å². The highest BCUT2D eigenvalue weighted by Crippen LogP contribution is 2.35. The molecule has 2 aromatic heterocycles. The second-order valence-corrected chi connectivity index (χ2v) is 12.7. The lowest BCUT2D eigenvalue weighted by Crippen LogP contribution is -2.30. The molecule has 0 N–H and O–H groups in total. The van der Waals surface area contributed by atoms with Crippen molar-refractivity contribution in [3.05, 3.63) is 112 Å². The van der Waals surface area contributed by atoms with Gasteiger partial charge in [-0.15, -0.1) is 0 Å². The van der Waals surface area contributed by atoms with Gasteiger partial charge in [-0.3, -0.25) is 4.79 Å². The summed E-state index contributed by atoms with van der Waals surface area (Å²) in [6, 6.07) is 26.0. The summed E-state index contributed by atoms with van der Waals surface area (Å²) in [5.41, 5.74) is 7.46. The number of aromatic nitrogens is 2. The Morgan fingerprint density at radius 2 is 1.66 bits per heavy atom. The van der Waals surface area contributed by atoms with Gasteiger partial charge in [0, 0.05) is 33.4 Å². The lowest BCUT2D eigenvalue weighted by Gasteiger charge is -2.21. The first-order valence-electron chi connectivity index (χ1n) is 13.7. The van der Waals surface area contributed by atoms with Crippen molar-refractivity contribution in [2.24, 2.45) is 0 Å². The van der Waals surface area contributed by atoms with Crippen molar-refractivity contribution in [3.8, 4) is 11.1 Å². The third kappa shape index (κ3) is 5.59. The number of amides is 1. The fourth-order valence-electron chi connectivity index (χ4n) is 5.20. The maximum atomic E-state index is 13.5. The highest BCUT2D eigenvalue weighted by molar-refractivity contribution is 9.10. The van der Waals surface area contributed by atoms with Crippen LogP contribution in [-0.4, -0.2) is 24.4 Å². The van der Waals surface area contributed by atoms with Crippen molar-refractivity contribution in [1.82, 2.24) is 9.55 Å². The van der Waals surface area contributed by atoms with Crippen LogP contribution in [0, 0.1) is 6.92 Å². The third-order valence-corrected chi connectivity index (χ3v) is 9.96. The van der Waals surface area contributed by atoms with Crippen LogP contribution in [0.5, 0.6) is 0 Å². The molecule has 8 heteroatoms. The van der Waals surface area contributed by atoms with Crippen LogP contribution in [0.4, 0.5) is 5.69 Å². The first kappa shape index (κ1) is 28.8. The van der Waals surface area contributed by atoms with Crippen LogP contribution < -0.4 is 4.31 Å². The molecule has 1 amide bonds. The molecule has 5 aromatic rings. The Kier molecular flexibility index (Phi) is 8.42. The summed E-state index contributed by atoms with van der Waals surface area (Å²) in [4.78, 5) is 17.2. The first-order chi connectivity index (χ1) is 19.8. The summed E-state index contributed by atoms with van der Waals surface area (Å²) in [6.45, 7) is 7.14. The molecule has 41 heavy (non-hydrogen) atoms. The fourth-order valence-corrected chi connectivity index (χ4v) is 7.41. The molecule has 210 valence electrons. The number of anilines is 1. The van der Waals surface area contributed by atoms with Crippen LogP contribution in [0.1, 0.15) is 42.8 Å². The van der Waals surface area contributed by atoms with E-state index in [9.17, 15) is 13.2 Å². The summed E-state index contributed by atoms with van der Waals surface area (Å²) in [6.07, 6.45) is 3.25. The number of carbonyl (C=O) groups is 1. The van der Waals surface area contributed by atoms with E-state index in [2.05, 4.69) is 65.5 Å². The standard InChI is InChI=1S/C33H32BrN3O3S/c1-4-10-27-20-29-23(3)19-26(5-2)35-33(29)36(27)21-24-15-17-25(18-16-24)28-11-6-8-13-31(28)37(22-38)41(39,40)32-14-9-7-12-30(32)34/h6-9,11-20,22H,4-5,10,21H2,1-3H3. The van der Waals surface area contributed by atoms with E-state index in [4.69, 9.17) is 4.98 Å². The van der Waals surface area contributed by atoms with E-state index in [-0.39, 0.29) is 4.90 Å². The maximum Gasteiger partial charge on any atom is 0.271 e. The van der Waals surface area contributed by atoms with Gasteiger partial charge in [-0.25, -0.2) is 17.7 Å². The van der Waals surface area contributed by atoms with Crippen LogP contribution in [-0.2, 0) is 34.2 Å². The smallest absolute Gasteiger partial charge is 0.271 e. The van der Waals surface area contributed by atoms with Crippen LogP contribution in [0.3, 0.4) is 0 Å². The summed E-state index contributed by atoms with van der Waals surface area (Å²) in [7, 11) is -4.14. The number of carbonyl (C=O) groups excluding carboxylic acids is 1. The van der Waals surface area contributed by atoms with Crippen molar-refractivity contribution in [3.63, 3.8) is 0 Å². The largest absolute Gasteiger partial charge is 0.325 e. The number of fused-ring (bicyclic) bond motifs is 1. The van der Waals surface area contributed by atoms with Gasteiger partial charge in [0.1, 0.15) is 10.5 Å². The van der Waals surface area contributed by atoms with Gasteiger partial charge in [-0.05, 0) is 82.7 Å². The first-order valence-corrected chi connectivity index (χ1v) is 15.9. The van der Waals surface area contributed by atoms with Gasteiger partial charge in [0.05, 0.1) is 5.69 Å². The van der Waals surface area contributed by atoms with Crippen LogP contribution in [0.2, 0.25) is 0 Å². The Balaban J connectivity index is 1.51. The number of para-hydroxylation sites is 1. The number of halogens is 1. The molecule has 0 saturated heterocycles. The molecular weight excluding hydrogens is 598 g/mol. The van der Waals surface area contributed by atoms with Gasteiger partial charge < -0.3 is 4.57 Å². The number of nitrogens with zero attached hydrogens (tertiary/aromatic N) is 3. The van der Waals surface area contributed by atoms with E-state index in [1.807, 2.05) is 24.3 Å². The summed E-state index contributed by atoms with van der Waals surface area (Å²) in [5, 5.41) is 1.19. The highest BCUT2D eigenvalue weighted by atomic mass is 79.9. The zero-order chi connectivity index (χ0) is 29.1. The van der Waals surface area contributed by atoms with Crippen LogP contribution in [0.25, 0.3) is 22.2 Å². The van der Waals surface area contributed by atoms with Gasteiger partial charge in [0.25, 0.3) is 10.0 Å². The van der Waals surface area contributed by atoms with E-state index in [0.717, 1.165) is 46.0 Å². The monoisotopic (exact) mass is 629 g/mol. The lowest BCUT2D eigenvalue weighted by atomic mass is 10.0. The van der Waals surface area contributed by atoms with E-state index < -0.39 is 10.0 Å². The Morgan fingerprint density at radius 3 is 2.34 bits per heavy atom. The minimum absolute atomic E-state index is 0.0224. The van der Waals surface area contributed by atoms with Gasteiger partial charge in [-0.1, -0.05) is 74.9 Å². The van der Waals surface area contributed by atoms with E-state index in [1.54, 1.807) is 30.3 Å². The minimum Gasteiger partial charge on any atom is -0.325 e. The minimum atomic E-state index is -4.14. The quantitative estimate of drug-likeness (QED) is 0.148. The fraction of sp³-hybridized carbons (Fsp3) is 0.212. The van der Waals surface area contributed by atoms with E-state index >= 15 is 0 Å². The zero-order valence-corrected chi connectivity index (χ0v) is 25.7. The van der Waals surface area contributed by atoms with Crippen molar-refractivity contribution < 1.29 is 13.2 Å². The highest BCUT2D eigenvalue weighted by Gasteiger charge is 2.28. The maximum absolute atomic E-state index is 13.5. The molecule has 0 unspecified atom stereocenters. The van der Waals surface area contributed by atoms with Crippen molar-refractivity contribution in [2.75, 3.05) is 4.31 Å².